The molecule has 0 saturated heterocycles. The highest BCUT2D eigenvalue weighted by atomic mass is 32.2. The summed E-state index contributed by atoms with van der Waals surface area (Å²) in [5.41, 5.74) is 1.84. The van der Waals surface area contributed by atoms with Crippen molar-refractivity contribution in [3.63, 3.8) is 0 Å². The molecule has 0 bridgehead atoms. The molecule has 9 heteroatoms. The van der Waals surface area contributed by atoms with Crippen LogP contribution in [0.3, 0.4) is 0 Å². The fraction of sp³-hybridized carbons (Fsp3) is 0.350. The van der Waals surface area contributed by atoms with Crippen molar-refractivity contribution in [3.05, 3.63) is 45.8 Å². The van der Waals surface area contributed by atoms with Crippen molar-refractivity contribution in [1.29, 1.82) is 0 Å². The van der Waals surface area contributed by atoms with Crippen LogP contribution in [-0.4, -0.2) is 34.2 Å². The van der Waals surface area contributed by atoms with Crippen LogP contribution in [0.25, 0.3) is 10.6 Å². The summed E-state index contributed by atoms with van der Waals surface area (Å²) in [5, 5.41) is 0.868. The van der Waals surface area contributed by atoms with E-state index < -0.39 is 10.0 Å². The second-order valence-corrected chi connectivity index (χ2v) is 10.6. The van der Waals surface area contributed by atoms with Crippen molar-refractivity contribution in [2.24, 2.45) is 0 Å². The molecule has 2 heterocycles. The minimum absolute atomic E-state index is 0.329. The monoisotopic (exact) mass is 452 g/mol. The third kappa shape index (κ3) is 4.98. The van der Waals surface area contributed by atoms with E-state index in [1.807, 2.05) is 38.1 Å². The summed E-state index contributed by atoms with van der Waals surface area (Å²) in [7, 11) is -0.271. The number of aromatic nitrogens is 1. The molecule has 0 unspecified atom stereocenters. The van der Waals surface area contributed by atoms with Gasteiger partial charge in [0.25, 0.3) is 0 Å². The van der Waals surface area contributed by atoms with Crippen LogP contribution < -0.4 is 14.2 Å². The van der Waals surface area contributed by atoms with E-state index in [4.69, 9.17) is 9.47 Å². The summed E-state index contributed by atoms with van der Waals surface area (Å²) in [6.07, 6.45) is 1.42. The lowest BCUT2D eigenvalue weighted by Gasteiger charge is -2.08. The molecule has 29 heavy (non-hydrogen) atoms. The van der Waals surface area contributed by atoms with Gasteiger partial charge < -0.3 is 9.47 Å². The minimum atomic E-state index is -3.47. The Hall–Kier alpha value is -1.94. The SMILES string of the molecule is CCc1ccc(S(=O)(=O)NCCc2sc(-c3ccc(OC)c(OC)c3)nc2C)s1. The molecule has 2 aromatic heterocycles. The first-order valence-corrected chi connectivity index (χ1v) is 12.3. The van der Waals surface area contributed by atoms with Crippen LogP contribution in [0.15, 0.2) is 34.5 Å². The maximum absolute atomic E-state index is 12.5. The number of thiazole rings is 1. The van der Waals surface area contributed by atoms with Gasteiger partial charge in [0, 0.05) is 21.9 Å². The Morgan fingerprint density at radius 3 is 2.48 bits per heavy atom. The first-order valence-electron chi connectivity index (χ1n) is 9.15. The van der Waals surface area contributed by atoms with Crippen molar-refractivity contribution < 1.29 is 17.9 Å². The summed E-state index contributed by atoms with van der Waals surface area (Å²) < 4.78 is 38.6. The molecule has 0 saturated carbocycles. The smallest absolute Gasteiger partial charge is 0.250 e. The highest BCUT2D eigenvalue weighted by Gasteiger charge is 2.17. The van der Waals surface area contributed by atoms with Gasteiger partial charge in [-0.3, -0.25) is 0 Å². The van der Waals surface area contributed by atoms with Crippen LogP contribution in [0.4, 0.5) is 0 Å². The first kappa shape index (κ1) is 21.8. The maximum Gasteiger partial charge on any atom is 0.250 e. The van der Waals surface area contributed by atoms with Gasteiger partial charge in [0.1, 0.15) is 9.22 Å². The lowest BCUT2D eigenvalue weighted by molar-refractivity contribution is 0.355. The minimum Gasteiger partial charge on any atom is -0.493 e. The summed E-state index contributed by atoms with van der Waals surface area (Å²) in [6, 6.07) is 9.21. The van der Waals surface area contributed by atoms with E-state index in [0.29, 0.717) is 28.7 Å². The van der Waals surface area contributed by atoms with Crippen molar-refractivity contribution in [2.75, 3.05) is 20.8 Å². The summed E-state index contributed by atoms with van der Waals surface area (Å²) in [5.74, 6) is 1.31. The van der Waals surface area contributed by atoms with Gasteiger partial charge in [-0.15, -0.1) is 22.7 Å². The van der Waals surface area contributed by atoms with Gasteiger partial charge in [-0.1, -0.05) is 6.92 Å². The number of benzene rings is 1. The van der Waals surface area contributed by atoms with E-state index >= 15 is 0 Å². The van der Waals surface area contributed by atoms with Gasteiger partial charge in [0.2, 0.25) is 10.0 Å². The molecule has 156 valence electrons. The average molecular weight is 453 g/mol. The summed E-state index contributed by atoms with van der Waals surface area (Å²) in [4.78, 5) is 6.76. The number of rotatable bonds is 9. The molecule has 3 rings (SSSR count). The molecule has 0 aliphatic carbocycles. The van der Waals surface area contributed by atoms with Crippen molar-refractivity contribution in [2.45, 2.75) is 30.9 Å². The largest absolute Gasteiger partial charge is 0.493 e. The molecule has 0 fully saturated rings. The van der Waals surface area contributed by atoms with Gasteiger partial charge in [-0.25, -0.2) is 18.1 Å². The van der Waals surface area contributed by atoms with Crippen LogP contribution in [0.2, 0.25) is 0 Å². The predicted octanol–water partition coefficient (Wildman–Crippen LogP) is 4.28. The van der Waals surface area contributed by atoms with Crippen molar-refractivity contribution >= 4 is 32.7 Å². The fourth-order valence-electron chi connectivity index (χ4n) is 2.82. The zero-order chi connectivity index (χ0) is 21.0. The van der Waals surface area contributed by atoms with E-state index in [-0.39, 0.29) is 0 Å². The Morgan fingerprint density at radius 1 is 1.07 bits per heavy atom. The molecule has 0 radical (unpaired) electrons. The zero-order valence-corrected chi connectivity index (χ0v) is 19.3. The number of nitrogens with zero attached hydrogens (tertiary/aromatic N) is 1. The Balaban J connectivity index is 1.69. The Bertz CT molecular complexity index is 1090. The van der Waals surface area contributed by atoms with Crippen LogP contribution in [-0.2, 0) is 22.9 Å². The second-order valence-electron chi connectivity index (χ2n) is 6.32. The van der Waals surface area contributed by atoms with E-state index in [9.17, 15) is 8.42 Å². The van der Waals surface area contributed by atoms with E-state index in [2.05, 4.69) is 9.71 Å². The van der Waals surface area contributed by atoms with Crippen molar-refractivity contribution in [3.8, 4) is 22.1 Å². The maximum atomic E-state index is 12.5. The van der Waals surface area contributed by atoms with Crippen LogP contribution in [0, 0.1) is 6.92 Å². The molecule has 0 spiro atoms. The third-order valence-corrected chi connectivity index (χ3v) is 8.87. The summed E-state index contributed by atoms with van der Waals surface area (Å²) in [6.45, 7) is 4.28. The number of hydrogen-bond acceptors (Lipinski definition) is 7. The van der Waals surface area contributed by atoms with E-state index in [1.165, 1.54) is 11.3 Å². The van der Waals surface area contributed by atoms with Gasteiger partial charge >= 0.3 is 0 Å². The summed E-state index contributed by atoms with van der Waals surface area (Å²) >= 11 is 2.87. The molecule has 1 N–H and O–H groups in total. The standard InChI is InChI=1S/C20H24N2O4S3/c1-5-15-7-9-19(27-15)29(23,24)21-11-10-18-13(2)22-20(28-18)14-6-8-16(25-3)17(12-14)26-4/h6-9,12,21H,5,10-11H2,1-4H3. The molecule has 3 aromatic rings. The normalized spacial score (nSPS) is 11.6. The van der Waals surface area contributed by atoms with Gasteiger partial charge in [0.15, 0.2) is 11.5 Å². The highest BCUT2D eigenvalue weighted by Crippen LogP contribution is 2.35. The Kier molecular flexibility index (Phi) is 6.94. The second kappa shape index (κ2) is 9.25. The molecule has 0 aliphatic rings. The number of methoxy groups -OCH3 is 2. The number of sulfonamides is 1. The van der Waals surface area contributed by atoms with Crippen LogP contribution in [0.1, 0.15) is 22.4 Å². The molecule has 6 nitrogen and oxygen atoms in total. The predicted molar refractivity (Wildman–Crippen MR) is 118 cm³/mol. The number of aryl methyl sites for hydroxylation is 2. The lowest BCUT2D eigenvalue weighted by Crippen LogP contribution is -2.25. The molecule has 1 aromatic carbocycles. The Morgan fingerprint density at radius 2 is 1.83 bits per heavy atom. The molecular weight excluding hydrogens is 428 g/mol. The zero-order valence-electron chi connectivity index (χ0n) is 16.8. The Labute approximate surface area is 179 Å². The van der Waals surface area contributed by atoms with Gasteiger partial charge in [0.05, 0.1) is 19.9 Å². The highest BCUT2D eigenvalue weighted by molar-refractivity contribution is 7.91. The fourth-order valence-corrected chi connectivity index (χ4v) is 6.25. The molecule has 0 amide bonds. The average Bonchev–Trinajstić information content (AvgIpc) is 3.35. The first-order chi connectivity index (χ1) is 13.9. The lowest BCUT2D eigenvalue weighted by atomic mass is 10.2. The van der Waals surface area contributed by atoms with E-state index in [1.54, 1.807) is 31.6 Å². The van der Waals surface area contributed by atoms with Crippen LogP contribution in [0.5, 0.6) is 11.5 Å². The van der Waals surface area contributed by atoms with Crippen molar-refractivity contribution in [1.82, 2.24) is 9.71 Å². The van der Waals surface area contributed by atoms with Gasteiger partial charge in [-0.05, 0) is 50.1 Å². The van der Waals surface area contributed by atoms with Crippen LogP contribution >= 0.6 is 22.7 Å². The number of hydrogen-bond donors (Lipinski definition) is 1. The quantitative estimate of drug-likeness (QED) is 0.524. The third-order valence-electron chi connectivity index (χ3n) is 4.42. The van der Waals surface area contributed by atoms with Gasteiger partial charge in [-0.2, -0.15) is 0 Å². The molecule has 0 aliphatic heterocycles. The molecular formula is C20H24N2O4S3. The number of thiophene rings is 1. The van der Waals surface area contributed by atoms with E-state index in [0.717, 1.165) is 32.4 Å². The number of ether oxygens (including phenoxy) is 2. The number of nitrogens with one attached hydrogen (secondary N) is 1. The molecule has 0 atom stereocenters. The topological polar surface area (TPSA) is 77.5 Å².